The van der Waals surface area contributed by atoms with E-state index in [1.807, 2.05) is 6.92 Å². The normalized spacial score (nSPS) is 11.9. The van der Waals surface area contributed by atoms with E-state index < -0.39 is 11.9 Å². The zero-order valence-electron chi connectivity index (χ0n) is 10.6. The van der Waals surface area contributed by atoms with Crippen LogP contribution < -0.4 is 16.8 Å². The van der Waals surface area contributed by atoms with Crippen LogP contribution in [0.15, 0.2) is 12.1 Å². The maximum atomic E-state index is 11.9. The molecule has 0 saturated heterocycles. The number of primary amides is 1. The lowest BCUT2D eigenvalue weighted by Crippen LogP contribution is -2.42. The zero-order valence-corrected chi connectivity index (χ0v) is 10.6. The third kappa shape index (κ3) is 3.73. The number of carbonyl (C=O) groups excluding carboxylic acids is 2. The standard InChI is InChI=1S/C12H18N4O2/c1-3-4-9-5-8(6-10(13)16-9)12(18)15-7(2)11(14)17/h5-7H,3-4H2,1-2H3,(H2,13,16)(H2,14,17)(H,15,18). The molecule has 0 radical (unpaired) electrons. The number of anilines is 1. The van der Waals surface area contributed by atoms with Gasteiger partial charge in [0.25, 0.3) is 5.91 Å². The van der Waals surface area contributed by atoms with Crippen molar-refractivity contribution in [2.75, 3.05) is 5.73 Å². The summed E-state index contributed by atoms with van der Waals surface area (Å²) in [5, 5.41) is 2.50. The van der Waals surface area contributed by atoms with E-state index in [-0.39, 0.29) is 11.7 Å². The van der Waals surface area contributed by atoms with Crippen LogP contribution in [0.4, 0.5) is 5.82 Å². The Bertz CT molecular complexity index is 459. The summed E-state index contributed by atoms with van der Waals surface area (Å²) in [4.78, 5) is 26.9. The molecule has 0 bridgehead atoms. The monoisotopic (exact) mass is 250 g/mol. The Morgan fingerprint density at radius 1 is 1.44 bits per heavy atom. The van der Waals surface area contributed by atoms with Crippen molar-refractivity contribution < 1.29 is 9.59 Å². The molecule has 0 aromatic carbocycles. The maximum Gasteiger partial charge on any atom is 0.252 e. The van der Waals surface area contributed by atoms with Gasteiger partial charge < -0.3 is 16.8 Å². The van der Waals surface area contributed by atoms with Crippen molar-refractivity contribution >= 4 is 17.6 Å². The second kappa shape index (κ2) is 6.00. The Hall–Kier alpha value is -2.11. The molecule has 1 atom stereocenters. The van der Waals surface area contributed by atoms with Crippen LogP contribution >= 0.6 is 0 Å². The molecule has 6 nitrogen and oxygen atoms in total. The minimum Gasteiger partial charge on any atom is -0.384 e. The molecule has 0 spiro atoms. The lowest BCUT2D eigenvalue weighted by molar-refractivity contribution is -0.119. The van der Waals surface area contributed by atoms with Crippen molar-refractivity contribution in [3.05, 3.63) is 23.4 Å². The van der Waals surface area contributed by atoms with E-state index in [0.717, 1.165) is 18.5 Å². The van der Waals surface area contributed by atoms with Gasteiger partial charge in [0.2, 0.25) is 5.91 Å². The molecule has 0 aliphatic rings. The van der Waals surface area contributed by atoms with E-state index in [9.17, 15) is 9.59 Å². The predicted octanol–water partition coefficient (Wildman–Crippen LogP) is 0.220. The molecule has 1 unspecified atom stereocenters. The third-order valence-electron chi connectivity index (χ3n) is 2.44. The van der Waals surface area contributed by atoms with Gasteiger partial charge in [0.15, 0.2) is 0 Å². The smallest absolute Gasteiger partial charge is 0.252 e. The molecular weight excluding hydrogens is 232 g/mol. The first-order chi connectivity index (χ1) is 8.43. The van der Waals surface area contributed by atoms with Crippen molar-refractivity contribution in [2.24, 2.45) is 5.73 Å². The summed E-state index contributed by atoms with van der Waals surface area (Å²) < 4.78 is 0. The second-order valence-corrected chi connectivity index (χ2v) is 4.12. The summed E-state index contributed by atoms with van der Waals surface area (Å²) in [7, 11) is 0. The fourth-order valence-corrected chi connectivity index (χ4v) is 1.48. The lowest BCUT2D eigenvalue weighted by atomic mass is 10.1. The van der Waals surface area contributed by atoms with Crippen LogP contribution in [0.5, 0.6) is 0 Å². The summed E-state index contributed by atoms with van der Waals surface area (Å²) in [5.41, 5.74) is 11.9. The number of aromatic nitrogens is 1. The number of aryl methyl sites for hydroxylation is 1. The molecule has 0 aliphatic carbocycles. The fraction of sp³-hybridized carbons (Fsp3) is 0.417. The van der Waals surface area contributed by atoms with Crippen LogP contribution in [-0.4, -0.2) is 22.8 Å². The highest BCUT2D eigenvalue weighted by Crippen LogP contribution is 2.09. The minimum absolute atomic E-state index is 0.290. The number of nitrogens with zero attached hydrogens (tertiary/aromatic N) is 1. The number of pyridine rings is 1. The maximum absolute atomic E-state index is 11.9. The molecule has 1 aromatic heterocycles. The summed E-state index contributed by atoms with van der Waals surface area (Å²) in [6, 6.07) is 2.42. The molecule has 0 aliphatic heterocycles. The number of nitrogen functional groups attached to an aromatic ring is 1. The van der Waals surface area contributed by atoms with Crippen molar-refractivity contribution in [1.29, 1.82) is 0 Å². The Kier molecular flexibility index (Phi) is 4.65. The van der Waals surface area contributed by atoms with Crippen LogP contribution in [-0.2, 0) is 11.2 Å². The summed E-state index contributed by atoms with van der Waals surface area (Å²) in [6.07, 6.45) is 1.66. The molecule has 2 amide bonds. The number of hydrogen-bond acceptors (Lipinski definition) is 4. The molecule has 18 heavy (non-hydrogen) atoms. The highest BCUT2D eigenvalue weighted by Gasteiger charge is 2.14. The van der Waals surface area contributed by atoms with E-state index in [0.29, 0.717) is 5.56 Å². The summed E-state index contributed by atoms with van der Waals surface area (Å²) in [6.45, 7) is 3.54. The molecule has 0 saturated carbocycles. The molecule has 6 heteroatoms. The SMILES string of the molecule is CCCc1cc(C(=O)NC(C)C(N)=O)cc(N)n1. The van der Waals surface area contributed by atoms with E-state index in [1.165, 1.54) is 13.0 Å². The molecule has 1 aromatic rings. The van der Waals surface area contributed by atoms with Crippen molar-refractivity contribution in [3.63, 3.8) is 0 Å². The third-order valence-corrected chi connectivity index (χ3v) is 2.44. The summed E-state index contributed by atoms with van der Waals surface area (Å²) >= 11 is 0. The Morgan fingerprint density at radius 3 is 2.67 bits per heavy atom. The van der Waals surface area contributed by atoms with Crippen molar-refractivity contribution in [2.45, 2.75) is 32.7 Å². The molecule has 1 heterocycles. The number of rotatable bonds is 5. The summed E-state index contributed by atoms with van der Waals surface area (Å²) in [5.74, 6) is -0.676. The van der Waals surface area contributed by atoms with E-state index in [1.54, 1.807) is 6.07 Å². The number of amides is 2. The van der Waals surface area contributed by atoms with Crippen LogP contribution in [0.25, 0.3) is 0 Å². The first-order valence-corrected chi connectivity index (χ1v) is 5.80. The van der Waals surface area contributed by atoms with Gasteiger partial charge in [-0.25, -0.2) is 4.98 Å². The van der Waals surface area contributed by atoms with Gasteiger partial charge in [-0.15, -0.1) is 0 Å². The van der Waals surface area contributed by atoms with Crippen LogP contribution in [0, 0.1) is 0 Å². The molecule has 1 rings (SSSR count). The average molecular weight is 250 g/mol. The number of carbonyl (C=O) groups is 2. The van der Waals surface area contributed by atoms with Gasteiger partial charge in [-0.1, -0.05) is 13.3 Å². The lowest BCUT2D eigenvalue weighted by Gasteiger charge is -2.11. The first kappa shape index (κ1) is 14.0. The predicted molar refractivity (Wildman–Crippen MR) is 68.8 cm³/mol. The number of hydrogen-bond donors (Lipinski definition) is 3. The van der Waals surface area contributed by atoms with E-state index >= 15 is 0 Å². The Morgan fingerprint density at radius 2 is 2.11 bits per heavy atom. The molecule has 98 valence electrons. The van der Waals surface area contributed by atoms with Crippen LogP contribution in [0.2, 0.25) is 0 Å². The molecule has 5 N–H and O–H groups in total. The minimum atomic E-state index is -0.721. The Balaban J connectivity index is 2.88. The second-order valence-electron chi connectivity index (χ2n) is 4.12. The molecular formula is C12H18N4O2. The van der Waals surface area contributed by atoms with Gasteiger partial charge in [-0.3, -0.25) is 9.59 Å². The van der Waals surface area contributed by atoms with Gasteiger partial charge in [0.05, 0.1) is 0 Å². The number of nitrogens with two attached hydrogens (primary N) is 2. The van der Waals surface area contributed by atoms with Gasteiger partial charge >= 0.3 is 0 Å². The van der Waals surface area contributed by atoms with Gasteiger partial charge in [0.1, 0.15) is 11.9 Å². The fourth-order valence-electron chi connectivity index (χ4n) is 1.48. The van der Waals surface area contributed by atoms with Crippen LogP contribution in [0.1, 0.15) is 36.3 Å². The van der Waals surface area contributed by atoms with Crippen molar-refractivity contribution in [3.8, 4) is 0 Å². The quantitative estimate of drug-likeness (QED) is 0.694. The highest BCUT2D eigenvalue weighted by atomic mass is 16.2. The topological polar surface area (TPSA) is 111 Å². The molecule has 0 fully saturated rings. The van der Waals surface area contributed by atoms with E-state index in [2.05, 4.69) is 10.3 Å². The Labute approximate surface area is 106 Å². The highest BCUT2D eigenvalue weighted by molar-refractivity contribution is 5.97. The first-order valence-electron chi connectivity index (χ1n) is 5.80. The largest absolute Gasteiger partial charge is 0.384 e. The average Bonchev–Trinajstić information content (AvgIpc) is 2.28. The van der Waals surface area contributed by atoms with Gasteiger partial charge in [-0.05, 0) is 25.5 Å². The zero-order chi connectivity index (χ0) is 13.7. The van der Waals surface area contributed by atoms with Gasteiger partial charge in [-0.2, -0.15) is 0 Å². The number of nitrogens with one attached hydrogen (secondary N) is 1. The van der Waals surface area contributed by atoms with Gasteiger partial charge in [0, 0.05) is 11.3 Å². The van der Waals surface area contributed by atoms with Crippen molar-refractivity contribution in [1.82, 2.24) is 10.3 Å². The van der Waals surface area contributed by atoms with E-state index in [4.69, 9.17) is 11.5 Å². The van der Waals surface area contributed by atoms with Crippen LogP contribution in [0.3, 0.4) is 0 Å².